The molecule has 5 nitrogen and oxygen atoms in total. The number of hydrogen-bond donors (Lipinski definition) is 1. The summed E-state index contributed by atoms with van der Waals surface area (Å²) in [6, 6.07) is 23.5. The van der Waals surface area contributed by atoms with Crippen molar-refractivity contribution < 1.29 is 9.59 Å². The second-order valence-corrected chi connectivity index (χ2v) is 9.27. The third-order valence-electron chi connectivity index (χ3n) is 4.86. The van der Waals surface area contributed by atoms with E-state index in [9.17, 15) is 9.59 Å². The molecule has 32 heavy (non-hydrogen) atoms. The predicted molar refractivity (Wildman–Crippen MR) is 134 cm³/mol. The maximum absolute atomic E-state index is 13.4. The monoisotopic (exact) mass is 461 g/mol. The van der Waals surface area contributed by atoms with Gasteiger partial charge in [-0.2, -0.15) is 0 Å². The van der Waals surface area contributed by atoms with Crippen LogP contribution >= 0.6 is 23.1 Å². The minimum atomic E-state index is -0.110. The number of aromatic nitrogens is 1. The number of fused-ring (bicyclic) bond motifs is 1. The smallest absolute Gasteiger partial charge is 0.243 e. The van der Waals surface area contributed by atoms with Gasteiger partial charge in [0.25, 0.3) is 0 Å². The van der Waals surface area contributed by atoms with Crippen LogP contribution in [-0.2, 0) is 16.0 Å². The van der Waals surface area contributed by atoms with Gasteiger partial charge in [-0.15, -0.1) is 11.8 Å². The number of carbonyl (C=O) groups is 2. The zero-order chi connectivity index (χ0) is 22.5. The summed E-state index contributed by atoms with van der Waals surface area (Å²) in [7, 11) is 0. The molecule has 4 aromatic rings. The molecule has 0 aliphatic carbocycles. The number of carbonyl (C=O) groups excluding carboxylic acids is 2. The Morgan fingerprint density at radius 2 is 1.72 bits per heavy atom. The van der Waals surface area contributed by atoms with Crippen molar-refractivity contribution in [3.05, 3.63) is 78.4 Å². The maximum atomic E-state index is 13.4. The minimum absolute atomic E-state index is 0.0377. The number of amides is 2. The normalized spacial score (nSPS) is 10.8. The Bertz CT molecular complexity index is 1200. The maximum Gasteiger partial charge on any atom is 0.243 e. The molecule has 3 aromatic carbocycles. The molecule has 7 heteroatoms. The molecule has 0 aliphatic rings. The van der Waals surface area contributed by atoms with Crippen molar-refractivity contribution in [1.82, 2.24) is 4.98 Å². The number of para-hydroxylation sites is 1. The summed E-state index contributed by atoms with van der Waals surface area (Å²) in [5, 5.41) is 3.42. The summed E-state index contributed by atoms with van der Waals surface area (Å²) in [5.74, 6) is 0.121. The Balaban J connectivity index is 1.57. The average Bonchev–Trinajstić information content (AvgIpc) is 3.22. The summed E-state index contributed by atoms with van der Waals surface area (Å²) in [6.45, 7) is 3.59. The van der Waals surface area contributed by atoms with Crippen LogP contribution in [0.3, 0.4) is 0 Å². The molecular formula is C25H23N3O2S2. The SMILES string of the molecule is CCc1ccc(N(C(=O)CSc2ccc(NC(C)=O)cc2)c2nc3ccccc3s2)cc1. The van der Waals surface area contributed by atoms with E-state index in [0.29, 0.717) is 5.13 Å². The second-order valence-electron chi connectivity index (χ2n) is 7.21. The first-order chi connectivity index (χ1) is 15.5. The van der Waals surface area contributed by atoms with E-state index >= 15 is 0 Å². The van der Waals surface area contributed by atoms with Crippen LogP contribution in [0.5, 0.6) is 0 Å². The third kappa shape index (κ3) is 5.18. The van der Waals surface area contributed by atoms with Gasteiger partial charge in [-0.1, -0.05) is 42.5 Å². The van der Waals surface area contributed by atoms with Crippen LogP contribution in [0.25, 0.3) is 10.2 Å². The lowest BCUT2D eigenvalue weighted by atomic mass is 10.1. The highest BCUT2D eigenvalue weighted by molar-refractivity contribution is 8.00. The standard InChI is InChI=1S/C25H23N3O2S2/c1-3-18-8-12-20(13-9-18)28(25-27-22-6-4-5-7-23(22)32-25)24(30)16-31-21-14-10-19(11-15-21)26-17(2)29/h4-15H,3,16H2,1-2H3,(H,26,29). The van der Waals surface area contributed by atoms with Crippen molar-refractivity contribution in [2.45, 2.75) is 25.2 Å². The number of aryl methyl sites for hydroxylation is 1. The predicted octanol–water partition coefficient (Wildman–Crippen LogP) is 6.27. The number of rotatable bonds is 7. The topological polar surface area (TPSA) is 62.3 Å². The summed E-state index contributed by atoms with van der Waals surface area (Å²) < 4.78 is 1.05. The molecule has 0 atom stereocenters. The Kier molecular flexibility index (Phi) is 6.87. The minimum Gasteiger partial charge on any atom is -0.326 e. The van der Waals surface area contributed by atoms with Crippen molar-refractivity contribution in [2.75, 3.05) is 16.0 Å². The van der Waals surface area contributed by atoms with Crippen LogP contribution in [0.1, 0.15) is 19.4 Å². The van der Waals surface area contributed by atoms with Gasteiger partial charge < -0.3 is 5.32 Å². The Hall–Kier alpha value is -3.16. The van der Waals surface area contributed by atoms with Gasteiger partial charge >= 0.3 is 0 Å². The highest BCUT2D eigenvalue weighted by Crippen LogP contribution is 2.34. The fraction of sp³-hybridized carbons (Fsp3) is 0.160. The highest BCUT2D eigenvalue weighted by atomic mass is 32.2. The van der Waals surface area contributed by atoms with Crippen molar-refractivity contribution in [1.29, 1.82) is 0 Å². The van der Waals surface area contributed by atoms with E-state index < -0.39 is 0 Å². The molecule has 1 heterocycles. The number of nitrogens with one attached hydrogen (secondary N) is 1. The highest BCUT2D eigenvalue weighted by Gasteiger charge is 2.22. The molecule has 0 bridgehead atoms. The molecule has 0 aliphatic heterocycles. The van der Waals surface area contributed by atoms with E-state index in [1.54, 1.807) is 4.90 Å². The van der Waals surface area contributed by atoms with Gasteiger partial charge in [-0.25, -0.2) is 4.98 Å². The van der Waals surface area contributed by atoms with Crippen molar-refractivity contribution in [3.63, 3.8) is 0 Å². The van der Waals surface area contributed by atoms with Gasteiger partial charge in [0.15, 0.2) is 5.13 Å². The molecule has 0 saturated heterocycles. The van der Waals surface area contributed by atoms with E-state index in [0.717, 1.165) is 32.9 Å². The summed E-state index contributed by atoms with van der Waals surface area (Å²) >= 11 is 2.97. The van der Waals surface area contributed by atoms with E-state index in [1.165, 1.54) is 35.6 Å². The van der Waals surface area contributed by atoms with Crippen molar-refractivity contribution in [3.8, 4) is 0 Å². The fourth-order valence-electron chi connectivity index (χ4n) is 3.24. The molecule has 4 rings (SSSR count). The molecule has 162 valence electrons. The lowest BCUT2D eigenvalue weighted by molar-refractivity contribution is -0.115. The number of nitrogens with zero attached hydrogens (tertiary/aromatic N) is 2. The first-order valence-corrected chi connectivity index (χ1v) is 12.1. The quantitative estimate of drug-likeness (QED) is 0.329. The molecule has 0 unspecified atom stereocenters. The second kappa shape index (κ2) is 9.97. The number of hydrogen-bond acceptors (Lipinski definition) is 5. The molecule has 1 aromatic heterocycles. The first kappa shape index (κ1) is 22.0. The van der Waals surface area contributed by atoms with E-state index in [1.807, 2.05) is 60.7 Å². The lowest BCUT2D eigenvalue weighted by Gasteiger charge is -2.20. The van der Waals surface area contributed by atoms with Gasteiger partial charge in [-0.05, 0) is 60.5 Å². The number of anilines is 3. The number of benzene rings is 3. The lowest BCUT2D eigenvalue weighted by Crippen LogP contribution is -2.27. The van der Waals surface area contributed by atoms with Gasteiger partial charge in [0.1, 0.15) is 0 Å². The molecule has 0 fully saturated rings. The fourth-order valence-corrected chi connectivity index (χ4v) is 5.00. The van der Waals surface area contributed by atoms with Gasteiger partial charge in [0.05, 0.1) is 21.7 Å². The van der Waals surface area contributed by atoms with E-state index in [-0.39, 0.29) is 17.6 Å². The van der Waals surface area contributed by atoms with Gasteiger partial charge in [0, 0.05) is 17.5 Å². The molecular weight excluding hydrogens is 438 g/mol. The third-order valence-corrected chi connectivity index (χ3v) is 6.88. The van der Waals surface area contributed by atoms with Crippen molar-refractivity contribution in [2.24, 2.45) is 0 Å². The Morgan fingerprint density at radius 1 is 1.00 bits per heavy atom. The van der Waals surface area contributed by atoms with Gasteiger partial charge in [-0.3, -0.25) is 14.5 Å². The molecule has 0 spiro atoms. The zero-order valence-corrected chi connectivity index (χ0v) is 19.5. The van der Waals surface area contributed by atoms with Crippen LogP contribution in [-0.4, -0.2) is 22.6 Å². The van der Waals surface area contributed by atoms with Crippen LogP contribution in [0.4, 0.5) is 16.5 Å². The van der Waals surface area contributed by atoms with Crippen LogP contribution < -0.4 is 10.2 Å². The van der Waals surface area contributed by atoms with Crippen molar-refractivity contribution >= 4 is 61.6 Å². The summed E-state index contributed by atoms with van der Waals surface area (Å²) in [6.07, 6.45) is 0.944. The van der Waals surface area contributed by atoms with E-state index in [4.69, 9.17) is 4.98 Å². The molecule has 2 amide bonds. The number of thiazole rings is 1. The number of thioether (sulfide) groups is 1. The Labute approximate surface area is 195 Å². The van der Waals surface area contributed by atoms with Crippen LogP contribution in [0.15, 0.2) is 77.7 Å². The molecule has 0 radical (unpaired) electrons. The molecule has 0 saturated carbocycles. The average molecular weight is 462 g/mol. The van der Waals surface area contributed by atoms with Crippen LogP contribution in [0.2, 0.25) is 0 Å². The largest absolute Gasteiger partial charge is 0.326 e. The van der Waals surface area contributed by atoms with E-state index in [2.05, 4.69) is 24.4 Å². The van der Waals surface area contributed by atoms with Crippen LogP contribution in [0, 0.1) is 0 Å². The Morgan fingerprint density at radius 3 is 2.38 bits per heavy atom. The summed E-state index contributed by atoms with van der Waals surface area (Å²) in [5.41, 5.74) is 3.66. The van der Waals surface area contributed by atoms with Gasteiger partial charge in [0.2, 0.25) is 11.8 Å². The molecule has 1 N–H and O–H groups in total. The first-order valence-electron chi connectivity index (χ1n) is 10.3. The zero-order valence-electron chi connectivity index (χ0n) is 17.9. The summed E-state index contributed by atoms with van der Waals surface area (Å²) in [4.78, 5) is 32.0.